The summed E-state index contributed by atoms with van der Waals surface area (Å²) >= 11 is 12.2. The van der Waals surface area contributed by atoms with Gasteiger partial charge in [-0.1, -0.05) is 41.4 Å². The smallest absolute Gasteiger partial charge is 0.123 e. The summed E-state index contributed by atoms with van der Waals surface area (Å²) in [6, 6.07) is 10.8. The van der Waals surface area contributed by atoms with Gasteiger partial charge in [0.05, 0.1) is 6.04 Å². The van der Waals surface area contributed by atoms with E-state index in [1.807, 2.05) is 0 Å². The molecule has 1 unspecified atom stereocenters. The second-order valence-electron chi connectivity index (χ2n) is 3.79. The zero-order valence-electron chi connectivity index (χ0n) is 9.33. The minimum atomic E-state index is -0.457. The molecule has 2 rings (SSSR count). The normalized spacial score (nSPS) is 12.4. The van der Waals surface area contributed by atoms with E-state index in [0.29, 0.717) is 21.2 Å². The van der Waals surface area contributed by atoms with Gasteiger partial charge in [-0.2, -0.15) is 0 Å². The van der Waals surface area contributed by atoms with Gasteiger partial charge in [0.25, 0.3) is 0 Å². The van der Waals surface area contributed by atoms with Crippen LogP contribution in [0.2, 0.25) is 10.0 Å². The zero-order valence-corrected chi connectivity index (χ0v) is 10.8. The Bertz CT molecular complexity index is 540. The van der Waals surface area contributed by atoms with Gasteiger partial charge in [-0.25, -0.2) is 9.82 Å². The minimum Gasteiger partial charge on any atom is -0.271 e. The predicted molar refractivity (Wildman–Crippen MR) is 72.0 cm³/mol. The van der Waals surface area contributed by atoms with Crippen molar-refractivity contribution >= 4 is 23.2 Å². The molecule has 18 heavy (non-hydrogen) atoms. The molecule has 2 aromatic carbocycles. The van der Waals surface area contributed by atoms with E-state index >= 15 is 0 Å². The first kappa shape index (κ1) is 13.3. The summed E-state index contributed by atoms with van der Waals surface area (Å²) in [7, 11) is 0. The maximum Gasteiger partial charge on any atom is 0.123 e. The summed E-state index contributed by atoms with van der Waals surface area (Å²) in [5.41, 5.74) is 3.90. The summed E-state index contributed by atoms with van der Waals surface area (Å²) in [4.78, 5) is 0. The quantitative estimate of drug-likeness (QED) is 0.666. The average molecular weight is 285 g/mol. The van der Waals surface area contributed by atoms with E-state index in [2.05, 4.69) is 5.43 Å². The van der Waals surface area contributed by atoms with Crippen molar-refractivity contribution in [2.75, 3.05) is 0 Å². The van der Waals surface area contributed by atoms with Gasteiger partial charge in [0.1, 0.15) is 5.82 Å². The Morgan fingerprint density at radius 3 is 2.22 bits per heavy atom. The Balaban J connectivity index is 2.52. The maximum atomic E-state index is 13.2. The Hall–Kier alpha value is -1.13. The van der Waals surface area contributed by atoms with Gasteiger partial charge in [-0.05, 0) is 29.8 Å². The molecular formula is C13H11Cl2FN2. The van der Waals surface area contributed by atoms with Crippen LogP contribution >= 0.6 is 23.2 Å². The molecule has 2 aromatic rings. The molecule has 0 saturated heterocycles. The van der Waals surface area contributed by atoms with Crippen LogP contribution in [-0.2, 0) is 0 Å². The third-order valence-corrected chi connectivity index (χ3v) is 3.30. The van der Waals surface area contributed by atoms with Crippen molar-refractivity contribution in [3.63, 3.8) is 0 Å². The molecule has 0 heterocycles. The van der Waals surface area contributed by atoms with Crippen LogP contribution in [-0.4, -0.2) is 0 Å². The van der Waals surface area contributed by atoms with Gasteiger partial charge in [0.2, 0.25) is 0 Å². The number of halogens is 3. The van der Waals surface area contributed by atoms with Crippen LogP contribution in [0.15, 0.2) is 42.5 Å². The first-order valence-electron chi connectivity index (χ1n) is 5.29. The molecular weight excluding hydrogens is 274 g/mol. The first-order valence-corrected chi connectivity index (χ1v) is 6.04. The highest BCUT2D eigenvalue weighted by molar-refractivity contribution is 6.36. The lowest BCUT2D eigenvalue weighted by atomic mass is 9.99. The Kier molecular flexibility index (Phi) is 4.19. The summed E-state index contributed by atoms with van der Waals surface area (Å²) in [5, 5.41) is 0.962. The number of nitrogens with one attached hydrogen (secondary N) is 1. The number of hydrogen-bond donors (Lipinski definition) is 2. The van der Waals surface area contributed by atoms with Crippen molar-refractivity contribution in [3.05, 3.63) is 69.5 Å². The van der Waals surface area contributed by atoms with Crippen molar-refractivity contribution in [3.8, 4) is 0 Å². The van der Waals surface area contributed by atoms with Gasteiger partial charge in [-0.3, -0.25) is 5.84 Å². The SMILES string of the molecule is NNC(c1cccc(F)c1)c1c(Cl)cccc1Cl. The van der Waals surface area contributed by atoms with E-state index in [-0.39, 0.29) is 5.82 Å². The fraction of sp³-hybridized carbons (Fsp3) is 0.0769. The molecule has 94 valence electrons. The minimum absolute atomic E-state index is 0.337. The van der Waals surface area contributed by atoms with Gasteiger partial charge < -0.3 is 0 Å². The summed E-state index contributed by atoms with van der Waals surface area (Å²) in [6.07, 6.45) is 0. The lowest BCUT2D eigenvalue weighted by Crippen LogP contribution is -2.29. The fourth-order valence-corrected chi connectivity index (χ4v) is 2.43. The summed E-state index contributed by atoms with van der Waals surface area (Å²) < 4.78 is 13.2. The maximum absolute atomic E-state index is 13.2. The van der Waals surface area contributed by atoms with Crippen LogP contribution < -0.4 is 11.3 Å². The molecule has 0 aromatic heterocycles. The summed E-state index contributed by atoms with van der Waals surface area (Å²) in [5.74, 6) is 5.20. The Labute approximate surface area is 114 Å². The number of hydrazine groups is 1. The molecule has 0 aliphatic rings. The van der Waals surface area contributed by atoms with Crippen LogP contribution in [0.1, 0.15) is 17.2 Å². The Morgan fingerprint density at radius 1 is 1.06 bits per heavy atom. The molecule has 0 aliphatic carbocycles. The van der Waals surface area contributed by atoms with Gasteiger partial charge in [0, 0.05) is 15.6 Å². The van der Waals surface area contributed by atoms with Crippen LogP contribution in [0.25, 0.3) is 0 Å². The molecule has 0 amide bonds. The van der Waals surface area contributed by atoms with E-state index in [0.717, 1.165) is 0 Å². The van der Waals surface area contributed by atoms with Crippen molar-refractivity contribution < 1.29 is 4.39 Å². The lowest BCUT2D eigenvalue weighted by Gasteiger charge is -2.19. The molecule has 1 atom stereocenters. The molecule has 3 N–H and O–H groups in total. The zero-order chi connectivity index (χ0) is 13.1. The third kappa shape index (κ3) is 2.65. The number of nitrogens with two attached hydrogens (primary N) is 1. The van der Waals surface area contributed by atoms with Crippen molar-refractivity contribution in [1.82, 2.24) is 5.43 Å². The number of rotatable bonds is 3. The standard InChI is InChI=1S/C13H11Cl2FN2/c14-10-5-2-6-11(15)12(10)13(18-17)8-3-1-4-9(16)7-8/h1-7,13,18H,17H2. The van der Waals surface area contributed by atoms with E-state index in [9.17, 15) is 4.39 Å². The molecule has 0 spiro atoms. The average Bonchev–Trinajstić information content (AvgIpc) is 2.34. The molecule has 0 radical (unpaired) electrons. The highest BCUT2D eigenvalue weighted by Crippen LogP contribution is 2.33. The lowest BCUT2D eigenvalue weighted by molar-refractivity contribution is 0.605. The third-order valence-electron chi connectivity index (χ3n) is 2.64. The van der Waals surface area contributed by atoms with E-state index in [1.54, 1.807) is 30.3 Å². The van der Waals surface area contributed by atoms with Crippen molar-refractivity contribution in [1.29, 1.82) is 0 Å². The van der Waals surface area contributed by atoms with E-state index < -0.39 is 6.04 Å². The first-order chi connectivity index (χ1) is 8.63. The van der Waals surface area contributed by atoms with Crippen LogP contribution in [0.4, 0.5) is 4.39 Å². The topological polar surface area (TPSA) is 38.0 Å². The van der Waals surface area contributed by atoms with Crippen molar-refractivity contribution in [2.45, 2.75) is 6.04 Å². The molecule has 2 nitrogen and oxygen atoms in total. The highest BCUT2D eigenvalue weighted by Gasteiger charge is 2.19. The van der Waals surface area contributed by atoms with Crippen LogP contribution in [0, 0.1) is 5.82 Å². The van der Waals surface area contributed by atoms with E-state index in [4.69, 9.17) is 29.0 Å². The molecule has 0 fully saturated rings. The van der Waals surface area contributed by atoms with Crippen LogP contribution in [0.3, 0.4) is 0 Å². The van der Waals surface area contributed by atoms with Gasteiger partial charge in [0.15, 0.2) is 0 Å². The van der Waals surface area contributed by atoms with Gasteiger partial charge in [-0.15, -0.1) is 0 Å². The van der Waals surface area contributed by atoms with Crippen molar-refractivity contribution in [2.24, 2.45) is 5.84 Å². The largest absolute Gasteiger partial charge is 0.271 e. The van der Waals surface area contributed by atoms with E-state index in [1.165, 1.54) is 12.1 Å². The number of benzene rings is 2. The molecule has 0 aliphatic heterocycles. The second-order valence-corrected chi connectivity index (χ2v) is 4.60. The molecule has 0 bridgehead atoms. The molecule has 5 heteroatoms. The molecule has 0 saturated carbocycles. The summed E-state index contributed by atoms with van der Waals surface area (Å²) in [6.45, 7) is 0. The number of hydrogen-bond acceptors (Lipinski definition) is 2. The highest BCUT2D eigenvalue weighted by atomic mass is 35.5. The van der Waals surface area contributed by atoms with Gasteiger partial charge >= 0.3 is 0 Å². The second kappa shape index (κ2) is 5.67. The predicted octanol–water partition coefficient (Wildman–Crippen LogP) is 3.69. The fourth-order valence-electron chi connectivity index (χ4n) is 1.82. The Morgan fingerprint density at radius 2 is 1.67 bits per heavy atom. The monoisotopic (exact) mass is 284 g/mol. The van der Waals surface area contributed by atoms with Crippen LogP contribution in [0.5, 0.6) is 0 Å².